The van der Waals surface area contributed by atoms with Gasteiger partial charge in [-0.15, -0.1) is 0 Å². The molecule has 3 rings (SSSR count). The molecule has 1 aromatic carbocycles. The third-order valence-corrected chi connectivity index (χ3v) is 4.80. The Morgan fingerprint density at radius 2 is 2.14 bits per heavy atom. The van der Waals surface area contributed by atoms with Crippen LogP contribution in [-0.2, 0) is 17.6 Å². The molecular weight excluding hydrogens is 378 g/mol. The molecule has 0 aliphatic heterocycles. The summed E-state index contributed by atoms with van der Waals surface area (Å²) in [6.07, 6.45) is 6.01. The van der Waals surface area contributed by atoms with E-state index in [0.717, 1.165) is 23.8 Å². The van der Waals surface area contributed by atoms with Crippen molar-refractivity contribution in [1.29, 1.82) is 0 Å². The van der Waals surface area contributed by atoms with Crippen LogP contribution in [0, 0.1) is 0 Å². The van der Waals surface area contributed by atoms with Crippen molar-refractivity contribution in [1.82, 2.24) is 15.3 Å². The van der Waals surface area contributed by atoms with Crippen molar-refractivity contribution in [2.45, 2.75) is 25.7 Å². The Morgan fingerprint density at radius 1 is 1.29 bits per heavy atom. The normalized spacial score (nSPS) is 10.8. The molecule has 2 aromatic heterocycles. The first-order valence-corrected chi connectivity index (χ1v) is 9.49. The molecular formula is C21H22ClN3O3. The number of carbonyl (C=O) groups excluding carboxylic acids is 1. The molecule has 0 bridgehead atoms. The molecule has 0 spiro atoms. The zero-order valence-electron chi connectivity index (χ0n) is 15.6. The monoisotopic (exact) mass is 399 g/mol. The van der Waals surface area contributed by atoms with E-state index in [2.05, 4.69) is 15.3 Å². The molecule has 6 nitrogen and oxygen atoms in total. The van der Waals surface area contributed by atoms with Crippen LogP contribution >= 0.6 is 11.6 Å². The lowest BCUT2D eigenvalue weighted by Gasteiger charge is -2.08. The standard InChI is InChI=1S/C21H22ClN3O3/c1-28-19-11-16-10-15(21(27)25-18(16)12-17(19)22)7-9-24-20(26)6-2-4-14-5-3-8-23-13-14/h3,5,8,10-13H,2,4,6-7,9H2,1H3,(H,24,26)(H,25,27). The highest BCUT2D eigenvalue weighted by Gasteiger charge is 2.08. The van der Waals surface area contributed by atoms with Crippen LogP contribution in [0.5, 0.6) is 5.75 Å². The molecule has 0 fully saturated rings. The summed E-state index contributed by atoms with van der Waals surface area (Å²) in [4.78, 5) is 31.1. The SMILES string of the molecule is COc1cc2cc(CCNC(=O)CCCc3cccnc3)c(=O)[nH]c2cc1Cl. The number of halogens is 1. The summed E-state index contributed by atoms with van der Waals surface area (Å²) in [7, 11) is 1.55. The van der Waals surface area contributed by atoms with E-state index in [-0.39, 0.29) is 11.5 Å². The number of nitrogens with one attached hydrogen (secondary N) is 2. The number of pyridine rings is 2. The highest BCUT2D eigenvalue weighted by Crippen LogP contribution is 2.28. The second-order valence-electron chi connectivity index (χ2n) is 6.51. The summed E-state index contributed by atoms with van der Waals surface area (Å²) >= 11 is 6.10. The van der Waals surface area contributed by atoms with Crippen LogP contribution in [0.25, 0.3) is 10.9 Å². The second kappa shape index (κ2) is 9.37. The van der Waals surface area contributed by atoms with Gasteiger partial charge in [-0.25, -0.2) is 0 Å². The Kier molecular flexibility index (Phi) is 6.66. The molecule has 0 saturated heterocycles. The number of rotatable bonds is 8. The summed E-state index contributed by atoms with van der Waals surface area (Å²) in [5.41, 5.74) is 2.19. The number of H-pyrrole nitrogens is 1. The van der Waals surface area contributed by atoms with E-state index < -0.39 is 0 Å². The van der Waals surface area contributed by atoms with Crippen LogP contribution in [-0.4, -0.2) is 29.5 Å². The van der Waals surface area contributed by atoms with E-state index in [1.165, 1.54) is 0 Å². The van der Waals surface area contributed by atoms with Gasteiger partial charge in [-0.2, -0.15) is 0 Å². The number of ether oxygens (including phenoxy) is 1. The van der Waals surface area contributed by atoms with E-state index in [1.807, 2.05) is 24.4 Å². The Bertz CT molecular complexity index is 1020. The fraction of sp³-hybridized carbons (Fsp3) is 0.286. The third-order valence-electron chi connectivity index (χ3n) is 4.50. The number of methoxy groups -OCH3 is 1. The van der Waals surface area contributed by atoms with Crippen molar-refractivity contribution >= 4 is 28.4 Å². The zero-order valence-corrected chi connectivity index (χ0v) is 16.4. The molecule has 3 aromatic rings. The molecule has 0 aliphatic rings. The summed E-state index contributed by atoms with van der Waals surface area (Å²) in [6.45, 7) is 0.408. The molecule has 0 saturated carbocycles. The molecule has 7 heteroatoms. The van der Waals surface area contributed by atoms with Gasteiger partial charge < -0.3 is 15.0 Å². The van der Waals surface area contributed by atoms with E-state index in [9.17, 15) is 9.59 Å². The van der Waals surface area contributed by atoms with Gasteiger partial charge in [-0.1, -0.05) is 17.7 Å². The maximum absolute atomic E-state index is 12.3. The van der Waals surface area contributed by atoms with Crippen molar-refractivity contribution in [3.8, 4) is 5.75 Å². The number of aromatic nitrogens is 2. The van der Waals surface area contributed by atoms with Gasteiger partial charge in [0.25, 0.3) is 5.56 Å². The number of hydrogen-bond donors (Lipinski definition) is 2. The number of nitrogens with zero attached hydrogens (tertiary/aromatic N) is 1. The molecule has 0 aliphatic carbocycles. The molecule has 2 heterocycles. The van der Waals surface area contributed by atoms with E-state index >= 15 is 0 Å². The van der Waals surface area contributed by atoms with Gasteiger partial charge in [0, 0.05) is 36.3 Å². The molecule has 2 N–H and O–H groups in total. The Morgan fingerprint density at radius 3 is 2.89 bits per heavy atom. The predicted molar refractivity (Wildman–Crippen MR) is 110 cm³/mol. The van der Waals surface area contributed by atoms with Gasteiger partial charge in [0.1, 0.15) is 5.75 Å². The summed E-state index contributed by atoms with van der Waals surface area (Å²) in [5, 5.41) is 4.14. The number of fused-ring (bicyclic) bond motifs is 1. The third kappa shape index (κ3) is 5.10. The van der Waals surface area contributed by atoms with Gasteiger partial charge in [0.05, 0.1) is 17.6 Å². The molecule has 146 valence electrons. The second-order valence-corrected chi connectivity index (χ2v) is 6.92. The maximum Gasteiger partial charge on any atom is 0.251 e. The van der Waals surface area contributed by atoms with Gasteiger partial charge in [-0.3, -0.25) is 14.6 Å². The Hall–Kier alpha value is -2.86. The van der Waals surface area contributed by atoms with Crippen LogP contribution < -0.4 is 15.6 Å². The smallest absolute Gasteiger partial charge is 0.251 e. The molecule has 1 amide bonds. The van der Waals surface area contributed by atoms with Crippen LogP contribution in [0.4, 0.5) is 0 Å². The predicted octanol–water partition coefficient (Wildman–Crippen LogP) is 3.27. The van der Waals surface area contributed by atoms with Crippen molar-refractivity contribution in [2.75, 3.05) is 13.7 Å². The van der Waals surface area contributed by atoms with Gasteiger partial charge in [0.15, 0.2) is 0 Å². The Balaban J connectivity index is 1.53. The lowest BCUT2D eigenvalue weighted by atomic mass is 10.1. The topological polar surface area (TPSA) is 84.1 Å². The lowest BCUT2D eigenvalue weighted by Crippen LogP contribution is -2.27. The average molecular weight is 400 g/mol. The minimum atomic E-state index is -0.181. The molecule has 0 unspecified atom stereocenters. The van der Waals surface area contributed by atoms with Crippen molar-refractivity contribution in [3.05, 3.63) is 69.2 Å². The lowest BCUT2D eigenvalue weighted by molar-refractivity contribution is -0.121. The van der Waals surface area contributed by atoms with Crippen LogP contribution in [0.1, 0.15) is 24.0 Å². The first kappa shape index (κ1) is 19.9. The van der Waals surface area contributed by atoms with Crippen LogP contribution in [0.3, 0.4) is 0 Å². The fourth-order valence-corrected chi connectivity index (χ4v) is 3.26. The molecule has 28 heavy (non-hydrogen) atoms. The number of hydrogen-bond acceptors (Lipinski definition) is 4. The first-order chi connectivity index (χ1) is 13.6. The average Bonchev–Trinajstić information content (AvgIpc) is 2.69. The number of aromatic amines is 1. The highest BCUT2D eigenvalue weighted by atomic mass is 35.5. The largest absolute Gasteiger partial charge is 0.495 e. The van der Waals surface area contributed by atoms with Crippen molar-refractivity contribution in [3.63, 3.8) is 0 Å². The number of benzene rings is 1. The quantitative estimate of drug-likeness (QED) is 0.609. The maximum atomic E-state index is 12.3. The summed E-state index contributed by atoms with van der Waals surface area (Å²) in [5.74, 6) is 0.531. The van der Waals surface area contributed by atoms with E-state index in [0.29, 0.717) is 41.2 Å². The molecule has 0 atom stereocenters. The highest BCUT2D eigenvalue weighted by molar-refractivity contribution is 6.32. The minimum Gasteiger partial charge on any atom is -0.495 e. The van der Waals surface area contributed by atoms with Gasteiger partial charge in [0.2, 0.25) is 5.91 Å². The number of carbonyl (C=O) groups is 1. The Labute approximate surface area is 167 Å². The van der Waals surface area contributed by atoms with Crippen LogP contribution in [0.2, 0.25) is 5.02 Å². The first-order valence-electron chi connectivity index (χ1n) is 9.12. The van der Waals surface area contributed by atoms with Crippen LogP contribution in [0.15, 0.2) is 47.5 Å². The van der Waals surface area contributed by atoms with Crippen molar-refractivity contribution < 1.29 is 9.53 Å². The van der Waals surface area contributed by atoms with E-state index in [4.69, 9.17) is 16.3 Å². The van der Waals surface area contributed by atoms with E-state index in [1.54, 1.807) is 25.4 Å². The fourth-order valence-electron chi connectivity index (χ4n) is 3.02. The summed E-state index contributed by atoms with van der Waals surface area (Å²) < 4.78 is 5.22. The van der Waals surface area contributed by atoms with Gasteiger partial charge in [-0.05, 0) is 49.1 Å². The molecule has 0 radical (unpaired) electrons. The van der Waals surface area contributed by atoms with Gasteiger partial charge >= 0.3 is 0 Å². The minimum absolute atomic E-state index is 0.0189. The summed E-state index contributed by atoms with van der Waals surface area (Å²) in [6, 6.07) is 9.15. The zero-order chi connectivity index (χ0) is 19.9. The van der Waals surface area contributed by atoms with Crippen molar-refractivity contribution in [2.24, 2.45) is 0 Å². The number of amides is 1. The number of aryl methyl sites for hydroxylation is 1.